The third-order valence-corrected chi connectivity index (χ3v) is 4.42. The van der Waals surface area contributed by atoms with Gasteiger partial charge in [0.2, 0.25) is 5.91 Å². The van der Waals surface area contributed by atoms with Gasteiger partial charge in [-0.3, -0.25) is 10.1 Å². The fourth-order valence-corrected chi connectivity index (χ4v) is 3.12. The van der Waals surface area contributed by atoms with Crippen molar-refractivity contribution >= 4 is 17.5 Å². The Bertz CT molecular complexity index is 505. The van der Waals surface area contributed by atoms with Crippen LogP contribution in [0, 0.1) is 5.92 Å². The molecule has 1 aromatic carbocycles. The minimum atomic E-state index is -0.0585. The Kier molecular flexibility index (Phi) is 3.27. The van der Waals surface area contributed by atoms with Crippen LogP contribution >= 0.6 is 11.6 Å². The Hall–Kier alpha value is -1.06. The largest absolute Gasteiger partial charge is 0.318 e. The van der Waals surface area contributed by atoms with E-state index in [1.165, 1.54) is 0 Å². The van der Waals surface area contributed by atoms with Crippen LogP contribution < -0.4 is 5.32 Å². The van der Waals surface area contributed by atoms with Gasteiger partial charge in [0.1, 0.15) is 6.17 Å². The maximum atomic E-state index is 12.5. The van der Waals surface area contributed by atoms with E-state index in [1.54, 1.807) is 0 Å². The Morgan fingerprint density at radius 2 is 2.21 bits per heavy atom. The minimum absolute atomic E-state index is 0.0221. The van der Waals surface area contributed by atoms with Crippen molar-refractivity contribution in [1.29, 1.82) is 0 Å². The first kappa shape index (κ1) is 12.9. The number of amides is 1. The molecule has 0 aromatic heterocycles. The zero-order chi connectivity index (χ0) is 13.6. The maximum absolute atomic E-state index is 12.5. The van der Waals surface area contributed by atoms with Crippen LogP contribution in [0.1, 0.15) is 38.4 Å². The van der Waals surface area contributed by atoms with Gasteiger partial charge >= 0.3 is 0 Å². The molecule has 1 heterocycles. The molecule has 1 saturated carbocycles. The van der Waals surface area contributed by atoms with Gasteiger partial charge < -0.3 is 4.90 Å². The normalized spacial score (nSPS) is 33.8. The van der Waals surface area contributed by atoms with E-state index < -0.39 is 0 Å². The van der Waals surface area contributed by atoms with Gasteiger partial charge in [-0.25, -0.2) is 0 Å². The summed E-state index contributed by atoms with van der Waals surface area (Å²) in [5, 5.41) is 4.16. The van der Waals surface area contributed by atoms with E-state index in [4.69, 9.17) is 11.6 Å². The Labute approximate surface area is 118 Å². The first-order valence-corrected chi connectivity index (χ1v) is 7.33. The van der Waals surface area contributed by atoms with Crippen molar-refractivity contribution in [3.05, 3.63) is 34.9 Å². The Morgan fingerprint density at radius 1 is 1.47 bits per heavy atom. The van der Waals surface area contributed by atoms with Gasteiger partial charge in [0.25, 0.3) is 0 Å². The number of hydrogen-bond acceptors (Lipinski definition) is 2. The molecule has 2 fully saturated rings. The predicted octanol–water partition coefficient (Wildman–Crippen LogP) is 2.96. The fraction of sp³-hybridized carbons (Fsp3) is 0.533. The van der Waals surface area contributed by atoms with Gasteiger partial charge in [-0.2, -0.15) is 0 Å². The highest BCUT2D eigenvalue weighted by Gasteiger charge is 2.49. The number of carbonyl (C=O) groups excluding carboxylic acids is 1. The van der Waals surface area contributed by atoms with Gasteiger partial charge in [-0.15, -0.1) is 0 Å². The summed E-state index contributed by atoms with van der Waals surface area (Å²) in [6.07, 6.45) is 1.92. The maximum Gasteiger partial charge on any atom is 0.241 e. The van der Waals surface area contributed by atoms with E-state index in [2.05, 4.69) is 12.2 Å². The molecule has 3 rings (SSSR count). The van der Waals surface area contributed by atoms with E-state index in [9.17, 15) is 4.79 Å². The molecule has 3 nitrogen and oxygen atoms in total. The molecule has 1 saturated heterocycles. The van der Waals surface area contributed by atoms with E-state index in [-0.39, 0.29) is 18.1 Å². The molecule has 4 atom stereocenters. The number of nitrogens with zero attached hydrogens (tertiary/aromatic N) is 1. The molecule has 1 amide bonds. The lowest BCUT2D eigenvalue weighted by atomic mass is 10.1. The molecule has 0 bridgehead atoms. The lowest BCUT2D eigenvalue weighted by Gasteiger charge is -2.25. The number of benzene rings is 1. The van der Waals surface area contributed by atoms with Gasteiger partial charge in [-0.05, 0) is 36.5 Å². The van der Waals surface area contributed by atoms with E-state index >= 15 is 0 Å². The minimum Gasteiger partial charge on any atom is -0.318 e. The van der Waals surface area contributed by atoms with Crippen LogP contribution in [0.4, 0.5) is 0 Å². The van der Waals surface area contributed by atoms with Crippen LogP contribution in [0.25, 0.3) is 0 Å². The summed E-state index contributed by atoms with van der Waals surface area (Å²) >= 11 is 6.07. The zero-order valence-corrected chi connectivity index (χ0v) is 12.0. The molecule has 2 aliphatic rings. The third-order valence-electron chi connectivity index (χ3n) is 4.19. The highest BCUT2D eigenvalue weighted by atomic mass is 35.5. The number of nitrogens with one attached hydrogen (secondary N) is 1. The lowest BCUT2D eigenvalue weighted by Crippen LogP contribution is -2.33. The van der Waals surface area contributed by atoms with Crippen molar-refractivity contribution in [2.45, 2.75) is 44.9 Å². The van der Waals surface area contributed by atoms with Crippen LogP contribution in [0.3, 0.4) is 0 Å². The van der Waals surface area contributed by atoms with Crippen LogP contribution in [0.15, 0.2) is 24.3 Å². The highest BCUT2D eigenvalue weighted by molar-refractivity contribution is 6.30. The second-order valence-corrected chi connectivity index (χ2v) is 6.05. The van der Waals surface area contributed by atoms with Crippen LogP contribution in [0.2, 0.25) is 5.02 Å². The van der Waals surface area contributed by atoms with Gasteiger partial charge in [0.05, 0.1) is 6.04 Å². The van der Waals surface area contributed by atoms with Crippen LogP contribution in [-0.4, -0.2) is 22.9 Å². The average molecular weight is 279 g/mol. The molecule has 1 N–H and O–H groups in total. The molecular formula is C15H19ClN2O. The number of rotatable bonds is 3. The second-order valence-electron chi connectivity index (χ2n) is 5.61. The standard InChI is InChI=1S/C15H19ClN2O/c1-3-12-15(19)18(13-7-9(13)2)14(17-12)10-5-4-6-11(16)8-10/h4-6,8-9,12-14,17H,3,7H2,1-2H3. The van der Waals surface area contributed by atoms with Gasteiger partial charge in [0.15, 0.2) is 0 Å². The summed E-state index contributed by atoms with van der Waals surface area (Å²) in [4.78, 5) is 14.5. The van der Waals surface area contributed by atoms with Crippen molar-refractivity contribution in [3.63, 3.8) is 0 Å². The van der Waals surface area contributed by atoms with Crippen molar-refractivity contribution in [3.8, 4) is 0 Å². The highest BCUT2D eigenvalue weighted by Crippen LogP contribution is 2.42. The molecule has 4 heteroatoms. The SMILES string of the molecule is CCC1NC(c2cccc(Cl)c2)N(C2CC2C)C1=O. The zero-order valence-electron chi connectivity index (χ0n) is 11.3. The predicted molar refractivity (Wildman–Crippen MR) is 75.8 cm³/mol. The van der Waals surface area contributed by atoms with Gasteiger partial charge in [-0.1, -0.05) is 37.6 Å². The smallest absolute Gasteiger partial charge is 0.241 e. The van der Waals surface area contributed by atoms with Crippen molar-refractivity contribution in [1.82, 2.24) is 10.2 Å². The van der Waals surface area contributed by atoms with Crippen molar-refractivity contribution < 1.29 is 4.79 Å². The first-order valence-electron chi connectivity index (χ1n) is 6.95. The Morgan fingerprint density at radius 3 is 2.79 bits per heavy atom. The van der Waals surface area contributed by atoms with Crippen LogP contribution in [0.5, 0.6) is 0 Å². The lowest BCUT2D eigenvalue weighted by molar-refractivity contribution is -0.130. The third kappa shape index (κ3) is 2.26. The summed E-state index contributed by atoms with van der Waals surface area (Å²) in [7, 11) is 0. The molecule has 0 spiro atoms. The molecule has 1 aliphatic heterocycles. The molecule has 4 unspecified atom stereocenters. The molecule has 102 valence electrons. The van der Waals surface area contributed by atoms with E-state index in [0.29, 0.717) is 12.0 Å². The molecule has 1 aromatic rings. The topological polar surface area (TPSA) is 32.3 Å². The molecule has 1 aliphatic carbocycles. The molecule has 0 radical (unpaired) electrons. The molecular weight excluding hydrogens is 260 g/mol. The fourth-order valence-electron chi connectivity index (χ4n) is 2.92. The quantitative estimate of drug-likeness (QED) is 0.922. The van der Waals surface area contributed by atoms with Crippen molar-refractivity contribution in [2.75, 3.05) is 0 Å². The number of halogens is 1. The number of carbonyl (C=O) groups is 1. The monoisotopic (exact) mass is 278 g/mol. The summed E-state index contributed by atoms with van der Waals surface area (Å²) in [5.74, 6) is 0.852. The van der Waals surface area contributed by atoms with Gasteiger partial charge in [0, 0.05) is 11.1 Å². The summed E-state index contributed by atoms with van der Waals surface area (Å²) in [6, 6.07) is 8.12. The average Bonchev–Trinajstić information content (AvgIpc) is 3.00. The Balaban J connectivity index is 1.92. The van der Waals surface area contributed by atoms with E-state index in [1.807, 2.05) is 36.1 Å². The molecule has 19 heavy (non-hydrogen) atoms. The second kappa shape index (κ2) is 4.80. The van der Waals surface area contributed by atoms with E-state index in [0.717, 1.165) is 23.4 Å². The van der Waals surface area contributed by atoms with Crippen molar-refractivity contribution in [2.24, 2.45) is 5.92 Å². The first-order chi connectivity index (χ1) is 9.11. The summed E-state index contributed by atoms with van der Waals surface area (Å²) < 4.78 is 0. The summed E-state index contributed by atoms with van der Waals surface area (Å²) in [6.45, 7) is 4.25. The number of hydrogen-bond donors (Lipinski definition) is 1. The summed E-state index contributed by atoms with van der Waals surface area (Å²) in [5.41, 5.74) is 1.08. The van der Waals surface area contributed by atoms with Crippen LogP contribution in [-0.2, 0) is 4.79 Å².